The smallest absolute Gasteiger partial charge is 0.259 e. The SMILES string of the molecule is COc1ccccc1C(=O)Nc1ccc(CS(N)(=O)=O)cc1. The van der Waals surface area contributed by atoms with E-state index in [0.717, 1.165) is 0 Å². The number of amides is 1. The first kappa shape index (κ1) is 16.0. The highest BCUT2D eigenvalue weighted by Gasteiger charge is 2.12. The summed E-state index contributed by atoms with van der Waals surface area (Å²) in [6, 6.07) is 13.3. The van der Waals surface area contributed by atoms with Crippen LogP contribution in [-0.2, 0) is 15.8 Å². The van der Waals surface area contributed by atoms with E-state index >= 15 is 0 Å². The normalized spacial score (nSPS) is 11.0. The van der Waals surface area contributed by atoms with Crippen molar-refractivity contribution < 1.29 is 17.9 Å². The van der Waals surface area contributed by atoms with E-state index in [1.165, 1.54) is 7.11 Å². The van der Waals surface area contributed by atoms with Crippen LogP contribution in [0.25, 0.3) is 0 Å². The Labute approximate surface area is 129 Å². The predicted molar refractivity (Wildman–Crippen MR) is 84.2 cm³/mol. The van der Waals surface area contributed by atoms with E-state index in [9.17, 15) is 13.2 Å². The molecule has 0 unspecified atom stereocenters. The molecule has 2 aromatic carbocycles. The van der Waals surface area contributed by atoms with Gasteiger partial charge in [0.05, 0.1) is 18.4 Å². The lowest BCUT2D eigenvalue weighted by Crippen LogP contribution is -2.15. The predicted octanol–water partition coefficient (Wildman–Crippen LogP) is 1.74. The van der Waals surface area contributed by atoms with E-state index in [1.807, 2.05) is 0 Å². The van der Waals surface area contributed by atoms with E-state index in [2.05, 4.69) is 5.32 Å². The van der Waals surface area contributed by atoms with Crippen molar-refractivity contribution in [1.29, 1.82) is 0 Å². The number of hydrogen-bond donors (Lipinski definition) is 2. The van der Waals surface area contributed by atoms with Crippen LogP contribution in [-0.4, -0.2) is 21.4 Å². The summed E-state index contributed by atoms with van der Waals surface area (Å²) < 4.78 is 27.2. The van der Waals surface area contributed by atoms with Crippen LogP contribution < -0.4 is 15.2 Å². The molecule has 6 nitrogen and oxygen atoms in total. The highest BCUT2D eigenvalue weighted by atomic mass is 32.2. The van der Waals surface area contributed by atoms with Crippen LogP contribution in [0.3, 0.4) is 0 Å². The number of sulfonamides is 1. The van der Waals surface area contributed by atoms with Gasteiger partial charge in [-0.3, -0.25) is 4.79 Å². The number of carbonyl (C=O) groups excluding carboxylic acids is 1. The van der Waals surface area contributed by atoms with E-state index in [4.69, 9.17) is 9.88 Å². The van der Waals surface area contributed by atoms with Gasteiger partial charge in [0.15, 0.2) is 0 Å². The minimum Gasteiger partial charge on any atom is -0.496 e. The first-order valence-corrected chi connectivity index (χ1v) is 8.14. The molecular weight excluding hydrogens is 304 g/mol. The lowest BCUT2D eigenvalue weighted by atomic mass is 10.1. The van der Waals surface area contributed by atoms with Crippen molar-refractivity contribution in [2.45, 2.75) is 5.75 Å². The molecule has 22 heavy (non-hydrogen) atoms. The zero-order valence-electron chi connectivity index (χ0n) is 11.9. The molecule has 0 bridgehead atoms. The summed E-state index contributed by atoms with van der Waals surface area (Å²) in [5, 5.41) is 7.71. The lowest BCUT2D eigenvalue weighted by Gasteiger charge is -2.09. The Balaban J connectivity index is 2.12. The van der Waals surface area contributed by atoms with Crippen LogP contribution >= 0.6 is 0 Å². The second-order valence-electron chi connectivity index (χ2n) is 4.66. The molecule has 0 aromatic heterocycles. The van der Waals surface area contributed by atoms with Gasteiger partial charge in [0.2, 0.25) is 10.0 Å². The maximum atomic E-state index is 12.2. The van der Waals surface area contributed by atoms with Gasteiger partial charge in [0, 0.05) is 5.69 Å². The molecule has 0 fully saturated rings. The second-order valence-corrected chi connectivity index (χ2v) is 6.27. The quantitative estimate of drug-likeness (QED) is 0.876. The van der Waals surface area contributed by atoms with E-state index in [0.29, 0.717) is 22.6 Å². The number of hydrogen-bond acceptors (Lipinski definition) is 4. The molecule has 1 amide bonds. The molecule has 2 aromatic rings. The van der Waals surface area contributed by atoms with Crippen LogP contribution in [0.1, 0.15) is 15.9 Å². The topological polar surface area (TPSA) is 98.5 Å². The summed E-state index contributed by atoms with van der Waals surface area (Å²) in [5.41, 5.74) is 1.52. The Morgan fingerprint density at radius 1 is 1.14 bits per heavy atom. The van der Waals surface area contributed by atoms with Crippen LogP contribution in [0.5, 0.6) is 5.75 Å². The zero-order chi connectivity index (χ0) is 16.2. The number of nitrogens with one attached hydrogen (secondary N) is 1. The fourth-order valence-electron chi connectivity index (χ4n) is 1.95. The van der Waals surface area contributed by atoms with E-state index in [-0.39, 0.29) is 11.7 Å². The molecule has 0 aliphatic heterocycles. The lowest BCUT2D eigenvalue weighted by molar-refractivity contribution is 0.102. The molecule has 0 saturated carbocycles. The fraction of sp³-hybridized carbons (Fsp3) is 0.133. The van der Waals surface area contributed by atoms with Crippen LogP contribution in [0.2, 0.25) is 0 Å². The molecule has 7 heteroatoms. The number of nitrogens with two attached hydrogens (primary N) is 1. The molecule has 0 spiro atoms. The summed E-state index contributed by atoms with van der Waals surface area (Å²) in [7, 11) is -2.07. The van der Waals surface area contributed by atoms with Crippen molar-refractivity contribution in [3.8, 4) is 5.75 Å². The number of primary sulfonamides is 1. The Morgan fingerprint density at radius 2 is 1.77 bits per heavy atom. The fourth-order valence-corrected chi connectivity index (χ4v) is 2.60. The third-order valence-corrected chi connectivity index (χ3v) is 3.67. The number of anilines is 1. The van der Waals surface area contributed by atoms with Crippen molar-refractivity contribution in [3.63, 3.8) is 0 Å². The van der Waals surface area contributed by atoms with E-state index < -0.39 is 10.0 Å². The molecule has 116 valence electrons. The van der Waals surface area contributed by atoms with Gasteiger partial charge in [-0.25, -0.2) is 13.6 Å². The molecular formula is C15H16N2O4S. The van der Waals surface area contributed by atoms with Crippen molar-refractivity contribution >= 4 is 21.6 Å². The number of ether oxygens (including phenoxy) is 1. The van der Waals surface area contributed by atoms with Gasteiger partial charge >= 0.3 is 0 Å². The van der Waals surface area contributed by atoms with Crippen LogP contribution in [0.4, 0.5) is 5.69 Å². The van der Waals surface area contributed by atoms with Crippen molar-refractivity contribution in [1.82, 2.24) is 0 Å². The largest absolute Gasteiger partial charge is 0.496 e. The van der Waals surface area contributed by atoms with Gasteiger partial charge in [-0.05, 0) is 29.8 Å². The van der Waals surface area contributed by atoms with Gasteiger partial charge in [-0.1, -0.05) is 24.3 Å². The van der Waals surface area contributed by atoms with Crippen molar-refractivity contribution in [2.75, 3.05) is 12.4 Å². The van der Waals surface area contributed by atoms with E-state index in [1.54, 1.807) is 48.5 Å². The molecule has 0 radical (unpaired) electrons. The minimum atomic E-state index is -3.57. The van der Waals surface area contributed by atoms with Crippen LogP contribution in [0, 0.1) is 0 Å². The number of carbonyl (C=O) groups is 1. The summed E-state index contributed by atoms with van der Waals surface area (Å²) in [6.07, 6.45) is 0. The monoisotopic (exact) mass is 320 g/mol. The maximum absolute atomic E-state index is 12.2. The number of para-hydroxylation sites is 1. The number of rotatable bonds is 5. The molecule has 0 atom stereocenters. The Bertz CT molecular complexity index is 770. The first-order valence-electron chi connectivity index (χ1n) is 6.43. The van der Waals surface area contributed by atoms with Crippen LogP contribution in [0.15, 0.2) is 48.5 Å². The number of benzene rings is 2. The van der Waals surface area contributed by atoms with Gasteiger partial charge in [0.1, 0.15) is 5.75 Å². The standard InChI is InChI=1S/C15H16N2O4S/c1-21-14-5-3-2-4-13(14)15(18)17-12-8-6-11(7-9-12)10-22(16,19)20/h2-9H,10H2,1H3,(H,17,18)(H2,16,19,20). The third kappa shape index (κ3) is 4.31. The molecule has 0 aliphatic rings. The Hall–Kier alpha value is -2.38. The molecule has 2 rings (SSSR count). The van der Waals surface area contributed by atoms with Crippen molar-refractivity contribution in [2.24, 2.45) is 5.14 Å². The Morgan fingerprint density at radius 3 is 2.36 bits per heavy atom. The third-order valence-electron chi connectivity index (χ3n) is 2.93. The minimum absolute atomic E-state index is 0.242. The summed E-state index contributed by atoms with van der Waals surface area (Å²) in [5.74, 6) is -0.0734. The first-order chi connectivity index (χ1) is 10.4. The second kappa shape index (κ2) is 6.59. The highest BCUT2D eigenvalue weighted by molar-refractivity contribution is 7.88. The zero-order valence-corrected chi connectivity index (χ0v) is 12.8. The molecule has 0 saturated heterocycles. The highest BCUT2D eigenvalue weighted by Crippen LogP contribution is 2.19. The average molecular weight is 320 g/mol. The average Bonchev–Trinajstić information content (AvgIpc) is 2.47. The number of methoxy groups -OCH3 is 1. The molecule has 0 heterocycles. The Kier molecular flexibility index (Phi) is 4.79. The summed E-state index contributed by atoms with van der Waals surface area (Å²) in [4.78, 5) is 12.2. The van der Waals surface area contributed by atoms with Crippen molar-refractivity contribution in [3.05, 3.63) is 59.7 Å². The molecule has 0 aliphatic carbocycles. The van der Waals surface area contributed by atoms with Gasteiger partial charge in [-0.2, -0.15) is 0 Å². The maximum Gasteiger partial charge on any atom is 0.259 e. The van der Waals surface area contributed by atoms with Gasteiger partial charge in [0.25, 0.3) is 5.91 Å². The van der Waals surface area contributed by atoms with Gasteiger partial charge < -0.3 is 10.1 Å². The molecule has 3 N–H and O–H groups in total. The van der Waals surface area contributed by atoms with Gasteiger partial charge in [-0.15, -0.1) is 0 Å². The summed E-state index contributed by atoms with van der Waals surface area (Å²) in [6.45, 7) is 0. The summed E-state index contributed by atoms with van der Waals surface area (Å²) >= 11 is 0.